The molecule has 3 amide bonds. The number of fused-ring (bicyclic) bond motifs is 5. The number of carbonyl (C=O) groups excluding carboxylic acids is 4. The molecule has 2 saturated heterocycles. The lowest BCUT2D eigenvalue weighted by Crippen LogP contribution is -2.51. The number of halogens is 1. The highest BCUT2D eigenvalue weighted by Gasteiger charge is 2.61. The summed E-state index contributed by atoms with van der Waals surface area (Å²) < 4.78 is 23.9. The number of aldehydes is 1. The Balaban J connectivity index is 1.55. The molecule has 0 saturated carbocycles. The molecule has 0 aliphatic carbocycles. The Kier molecular flexibility index (Phi) is 5.42. The predicted octanol–water partition coefficient (Wildman–Crippen LogP) is 0.792. The summed E-state index contributed by atoms with van der Waals surface area (Å²) in [5.41, 5.74) is 1.06. The van der Waals surface area contributed by atoms with Crippen LogP contribution >= 0.6 is 0 Å². The molecule has 2 fully saturated rings. The number of hydrogen-bond acceptors (Lipinski definition) is 6. The van der Waals surface area contributed by atoms with E-state index in [1.807, 2.05) is 0 Å². The van der Waals surface area contributed by atoms with Gasteiger partial charge in [0.15, 0.2) is 6.29 Å². The Hall–Kier alpha value is -3.01. The summed E-state index contributed by atoms with van der Waals surface area (Å²) in [6.07, 6.45) is 3.31. The first kappa shape index (κ1) is 20.3. The first-order valence-corrected chi connectivity index (χ1v) is 9.55. The molecular formula is C20H19BFN2O6. The SMILES string of the molecule is Cc1cccc(OCC(CNC(=O)[B]F)N2C(=O)[C@@H]3[C@H](C2=O)[C@H]2C=C[C@@H]3O2)c1C=O. The van der Waals surface area contributed by atoms with Gasteiger partial charge in [0.1, 0.15) is 12.4 Å². The fourth-order valence-electron chi connectivity index (χ4n) is 4.28. The van der Waals surface area contributed by atoms with E-state index in [-0.39, 0.29) is 20.7 Å². The number of likely N-dealkylation sites (tertiary alicyclic amines) is 1. The average Bonchev–Trinajstić information content (AvgIpc) is 3.42. The number of amides is 3. The molecule has 155 valence electrons. The molecule has 10 heteroatoms. The van der Waals surface area contributed by atoms with Gasteiger partial charge in [0, 0.05) is 6.54 Å². The average molecular weight is 413 g/mol. The molecule has 4 rings (SSSR count). The van der Waals surface area contributed by atoms with Gasteiger partial charge in [0.2, 0.25) is 17.6 Å². The third-order valence-corrected chi connectivity index (χ3v) is 5.75. The number of nitrogens with zero attached hydrogens (tertiary/aromatic N) is 1. The molecule has 1 unspecified atom stereocenters. The van der Waals surface area contributed by atoms with Crippen LogP contribution in [0.3, 0.4) is 0 Å². The van der Waals surface area contributed by atoms with Crippen molar-refractivity contribution < 1.29 is 33.0 Å². The highest BCUT2D eigenvalue weighted by Crippen LogP contribution is 2.45. The largest absolute Gasteiger partial charge is 0.491 e. The Bertz CT molecular complexity index is 908. The first-order chi connectivity index (χ1) is 14.5. The Morgan fingerprint density at radius 1 is 1.30 bits per heavy atom. The summed E-state index contributed by atoms with van der Waals surface area (Å²) in [6, 6.07) is 4.19. The monoisotopic (exact) mass is 413 g/mol. The minimum Gasteiger partial charge on any atom is -0.491 e. The van der Waals surface area contributed by atoms with Crippen LogP contribution in [0.1, 0.15) is 15.9 Å². The molecular weight excluding hydrogens is 394 g/mol. The maximum absolute atomic E-state index is 13.0. The van der Waals surface area contributed by atoms with E-state index in [0.29, 0.717) is 23.2 Å². The van der Waals surface area contributed by atoms with Crippen LogP contribution in [0, 0.1) is 18.8 Å². The topological polar surface area (TPSA) is 102 Å². The van der Waals surface area contributed by atoms with Crippen molar-refractivity contribution >= 4 is 31.5 Å². The fraction of sp³-hybridized carbons (Fsp3) is 0.400. The number of ether oxygens (including phenoxy) is 2. The lowest BCUT2D eigenvalue weighted by atomic mass is 9.85. The molecule has 1 N–H and O–H groups in total. The molecule has 1 aromatic rings. The molecule has 5 atom stereocenters. The standard InChI is InChI=1S/C20H19BFN2O6/c1-10-3-2-4-13(12(10)8-25)29-9-11(7-23-20(28)21-22)24-18(26)16-14-5-6-15(30-14)17(16)19(24)27/h2-6,8,11,14-17H,7,9H2,1H3,(H,23,28)/t11?,14-,15+,16-,17+. The maximum atomic E-state index is 13.0. The van der Waals surface area contributed by atoms with Gasteiger partial charge in [0.25, 0.3) is 0 Å². The predicted molar refractivity (Wildman–Crippen MR) is 103 cm³/mol. The van der Waals surface area contributed by atoms with Crippen molar-refractivity contribution in [2.45, 2.75) is 25.2 Å². The highest BCUT2D eigenvalue weighted by molar-refractivity contribution is 6.67. The number of carbonyl (C=O) groups is 4. The molecule has 1 radical (unpaired) electrons. The molecule has 3 heterocycles. The molecule has 1 aromatic carbocycles. The molecule has 0 aromatic heterocycles. The van der Waals surface area contributed by atoms with Crippen molar-refractivity contribution in [1.29, 1.82) is 0 Å². The number of benzene rings is 1. The van der Waals surface area contributed by atoms with Crippen molar-refractivity contribution in [3.05, 3.63) is 41.5 Å². The summed E-state index contributed by atoms with van der Waals surface area (Å²) in [4.78, 5) is 49.9. The molecule has 3 aliphatic heterocycles. The van der Waals surface area contributed by atoms with Gasteiger partial charge >= 0.3 is 7.56 Å². The third kappa shape index (κ3) is 3.30. The lowest BCUT2D eigenvalue weighted by Gasteiger charge is -2.28. The van der Waals surface area contributed by atoms with Crippen molar-refractivity contribution in [2.75, 3.05) is 13.2 Å². The molecule has 2 bridgehead atoms. The van der Waals surface area contributed by atoms with Crippen LogP contribution in [0.2, 0.25) is 0 Å². The van der Waals surface area contributed by atoms with Gasteiger partial charge in [0.05, 0.1) is 35.6 Å². The van der Waals surface area contributed by atoms with E-state index in [1.165, 1.54) is 0 Å². The van der Waals surface area contributed by atoms with E-state index in [0.717, 1.165) is 4.90 Å². The van der Waals surface area contributed by atoms with Crippen molar-refractivity contribution in [3.63, 3.8) is 0 Å². The second kappa shape index (κ2) is 8.02. The fourth-order valence-corrected chi connectivity index (χ4v) is 4.28. The van der Waals surface area contributed by atoms with Crippen LogP contribution in [-0.2, 0) is 14.3 Å². The summed E-state index contributed by atoms with van der Waals surface area (Å²) >= 11 is 0. The van der Waals surface area contributed by atoms with E-state index in [4.69, 9.17) is 9.47 Å². The Labute approximate surface area is 172 Å². The van der Waals surface area contributed by atoms with Gasteiger partial charge in [-0.05, 0) is 18.6 Å². The summed E-state index contributed by atoms with van der Waals surface area (Å²) in [5.74, 6) is -2.72. The zero-order chi connectivity index (χ0) is 21.4. The minimum atomic E-state index is -0.978. The van der Waals surface area contributed by atoms with Crippen LogP contribution in [0.4, 0.5) is 9.11 Å². The second-order valence-corrected chi connectivity index (χ2v) is 7.47. The van der Waals surface area contributed by atoms with Crippen molar-refractivity contribution in [3.8, 4) is 5.75 Å². The number of nitrogens with one attached hydrogen (secondary N) is 1. The van der Waals surface area contributed by atoms with Crippen molar-refractivity contribution in [2.24, 2.45) is 11.8 Å². The van der Waals surface area contributed by atoms with E-state index in [9.17, 15) is 23.5 Å². The van der Waals surface area contributed by atoms with Crippen LogP contribution < -0.4 is 10.1 Å². The summed E-state index contributed by atoms with van der Waals surface area (Å²) in [7, 11) is -0.136. The normalized spacial score (nSPS) is 27.2. The number of aryl methyl sites for hydroxylation is 1. The number of rotatable bonds is 8. The van der Waals surface area contributed by atoms with Gasteiger partial charge in [-0.2, -0.15) is 0 Å². The molecule has 30 heavy (non-hydrogen) atoms. The van der Waals surface area contributed by atoms with Crippen LogP contribution in [0.25, 0.3) is 0 Å². The van der Waals surface area contributed by atoms with Crippen LogP contribution in [-0.4, -0.2) is 67.8 Å². The minimum absolute atomic E-state index is 0.136. The van der Waals surface area contributed by atoms with Crippen molar-refractivity contribution in [1.82, 2.24) is 10.2 Å². The molecule has 0 spiro atoms. The zero-order valence-corrected chi connectivity index (χ0v) is 16.1. The molecule has 3 aliphatic rings. The van der Waals surface area contributed by atoms with Gasteiger partial charge in [-0.25, -0.2) is 0 Å². The van der Waals surface area contributed by atoms with Gasteiger partial charge in [-0.1, -0.05) is 24.3 Å². The lowest BCUT2D eigenvalue weighted by molar-refractivity contribution is -0.145. The smallest absolute Gasteiger partial charge is 0.464 e. The van der Waals surface area contributed by atoms with Crippen LogP contribution in [0.5, 0.6) is 5.75 Å². The van der Waals surface area contributed by atoms with Gasteiger partial charge < -0.3 is 19.1 Å². The van der Waals surface area contributed by atoms with Crippen LogP contribution in [0.15, 0.2) is 30.4 Å². The van der Waals surface area contributed by atoms with E-state index in [1.54, 1.807) is 37.3 Å². The quantitative estimate of drug-likeness (QED) is 0.293. The van der Waals surface area contributed by atoms with Gasteiger partial charge in [-0.3, -0.25) is 24.1 Å². The first-order valence-electron chi connectivity index (χ1n) is 9.55. The molecule has 8 nitrogen and oxygen atoms in total. The highest BCUT2D eigenvalue weighted by atomic mass is 19.1. The van der Waals surface area contributed by atoms with E-state index in [2.05, 4.69) is 5.32 Å². The maximum Gasteiger partial charge on any atom is 0.464 e. The number of imide groups is 1. The van der Waals surface area contributed by atoms with Gasteiger partial charge in [-0.15, -0.1) is 0 Å². The summed E-state index contributed by atoms with van der Waals surface area (Å²) in [5, 5.41) is 2.32. The van der Waals surface area contributed by atoms with E-state index >= 15 is 0 Å². The Morgan fingerprint density at radius 3 is 2.57 bits per heavy atom. The Morgan fingerprint density at radius 2 is 1.97 bits per heavy atom. The third-order valence-electron chi connectivity index (χ3n) is 5.75. The second-order valence-electron chi connectivity index (χ2n) is 7.47. The van der Waals surface area contributed by atoms with E-state index < -0.39 is 47.7 Å². The summed E-state index contributed by atoms with van der Waals surface area (Å²) in [6.45, 7) is 1.39. The number of hydrogen-bond donors (Lipinski definition) is 1. The zero-order valence-electron chi connectivity index (χ0n) is 16.1.